The molecule has 0 spiro atoms. The number of hydrogen-bond donors (Lipinski definition) is 0. The first kappa shape index (κ1) is 19.1. The molecule has 0 bridgehead atoms. The third-order valence-electron chi connectivity index (χ3n) is 2.88. The van der Waals surface area contributed by atoms with Crippen LogP contribution in [0.4, 0.5) is 18.9 Å². The Morgan fingerprint density at radius 3 is 2.52 bits per heavy atom. The summed E-state index contributed by atoms with van der Waals surface area (Å²) < 4.78 is 54.7. The van der Waals surface area contributed by atoms with Gasteiger partial charge in [0.2, 0.25) is 0 Å². The largest absolute Gasteiger partial charge is 0.462 e. The van der Waals surface area contributed by atoms with E-state index in [0.29, 0.717) is 18.6 Å². The number of carbonyl (C=O) groups excluding carboxylic acids is 1. The Morgan fingerprint density at radius 2 is 2.04 bits per heavy atom. The monoisotopic (exact) mass is 353 g/mol. The van der Waals surface area contributed by atoms with E-state index in [0.717, 1.165) is 6.07 Å². The summed E-state index contributed by atoms with van der Waals surface area (Å²) in [6, 6.07) is 1.63. The standard InChI is InChI=1S/C13H14F3NO5S/c1-3-8(2)22-12(18)7-23(21)11-5-4-9(13(14,15)16)6-10(11)17(19)20/h4-6,8H,3,7H2,1-2H3. The van der Waals surface area contributed by atoms with E-state index in [2.05, 4.69) is 0 Å². The predicted molar refractivity (Wildman–Crippen MR) is 75.2 cm³/mol. The highest BCUT2D eigenvalue weighted by Crippen LogP contribution is 2.34. The molecule has 1 aromatic rings. The summed E-state index contributed by atoms with van der Waals surface area (Å²) >= 11 is 0. The van der Waals surface area contributed by atoms with Gasteiger partial charge in [-0.05, 0) is 25.5 Å². The Labute approximate surface area is 132 Å². The van der Waals surface area contributed by atoms with Gasteiger partial charge in [-0.15, -0.1) is 0 Å². The van der Waals surface area contributed by atoms with Crippen molar-refractivity contribution in [2.24, 2.45) is 0 Å². The fraction of sp³-hybridized carbons (Fsp3) is 0.462. The van der Waals surface area contributed by atoms with E-state index in [-0.39, 0.29) is 0 Å². The summed E-state index contributed by atoms with van der Waals surface area (Å²) in [6.45, 7) is 3.37. The number of ether oxygens (including phenoxy) is 1. The van der Waals surface area contributed by atoms with Crippen LogP contribution in [-0.2, 0) is 26.5 Å². The molecule has 6 nitrogen and oxygen atoms in total. The third kappa shape index (κ3) is 5.31. The van der Waals surface area contributed by atoms with Crippen molar-refractivity contribution in [3.63, 3.8) is 0 Å². The lowest BCUT2D eigenvalue weighted by Gasteiger charge is -2.11. The molecule has 2 atom stereocenters. The van der Waals surface area contributed by atoms with Crippen molar-refractivity contribution in [2.75, 3.05) is 5.75 Å². The predicted octanol–water partition coefficient (Wildman–Crippen LogP) is 3.06. The number of halogens is 3. The number of nitro benzene ring substituents is 1. The number of nitro groups is 1. The number of carbonyl (C=O) groups is 1. The van der Waals surface area contributed by atoms with E-state index in [9.17, 15) is 32.3 Å². The molecule has 0 saturated heterocycles. The second-order valence-electron chi connectivity index (χ2n) is 4.64. The molecule has 10 heteroatoms. The fourth-order valence-electron chi connectivity index (χ4n) is 1.56. The van der Waals surface area contributed by atoms with Crippen LogP contribution in [0.3, 0.4) is 0 Å². The number of rotatable bonds is 6. The molecule has 0 aliphatic heterocycles. The molecular weight excluding hydrogens is 339 g/mol. The topological polar surface area (TPSA) is 86.5 Å². The lowest BCUT2D eigenvalue weighted by molar-refractivity contribution is -0.388. The number of benzene rings is 1. The molecule has 23 heavy (non-hydrogen) atoms. The van der Waals surface area contributed by atoms with Crippen LogP contribution < -0.4 is 0 Å². The minimum absolute atomic E-state index is 0.299. The molecule has 0 radical (unpaired) electrons. The first-order valence-electron chi connectivity index (χ1n) is 6.49. The number of nitrogens with zero attached hydrogens (tertiary/aromatic N) is 1. The molecule has 1 aromatic carbocycles. The van der Waals surface area contributed by atoms with Gasteiger partial charge in [0.05, 0.1) is 27.4 Å². The van der Waals surface area contributed by atoms with Crippen molar-refractivity contribution in [3.8, 4) is 0 Å². The van der Waals surface area contributed by atoms with Gasteiger partial charge in [-0.2, -0.15) is 13.2 Å². The first-order valence-corrected chi connectivity index (χ1v) is 7.81. The average Bonchev–Trinajstić information content (AvgIpc) is 2.45. The van der Waals surface area contributed by atoms with Gasteiger partial charge in [0.15, 0.2) is 0 Å². The van der Waals surface area contributed by atoms with Gasteiger partial charge in [-0.1, -0.05) is 6.92 Å². The third-order valence-corrected chi connectivity index (χ3v) is 4.22. The van der Waals surface area contributed by atoms with Gasteiger partial charge in [0.25, 0.3) is 5.69 Å². The van der Waals surface area contributed by atoms with Crippen molar-refractivity contribution < 1.29 is 31.8 Å². The maximum atomic E-state index is 12.6. The molecular formula is C13H14F3NO5S. The van der Waals surface area contributed by atoms with Gasteiger partial charge < -0.3 is 4.74 Å². The molecule has 0 N–H and O–H groups in total. The summed E-state index contributed by atoms with van der Waals surface area (Å²) in [5.74, 6) is -1.51. The molecule has 0 aromatic heterocycles. The van der Waals surface area contributed by atoms with Crippen LogP contribution in [0.25, 0.3) is 0 Å². The smallest absolute Gasteiger partial charge is 0.416 e. The Hall–Kier alpha value is -1.97. The quantitative estimate of drug-likeness (QED) is 0.446. The Balaban J connectivity index is 3.05. The van der Waals surface area contributed by atoms with Crippen LogP contribution >= 0.6 is 0 Å². The van der Waals surface area contributed by atoms with E-state index >= 15 is 0 Å². The molecule has 1 rings (SSSR count). The molecule has 0 fully saturated rings. The fourth-order valence-corrected chi connectivity index (χ4v) is 2.58. The van der Waals surface area contributed by atoms with Crippen LogP contribution in [0.15, 0.2) is 23.1 Å². The summed E-state index contributed by atoms with van der Waals surface area (Å²) in [4.78, 5) is 20.9. The Kier molecular flexibility index (Phi) is 6.25. The molecule has 0 saturated carbocycles. The average molecular weight is 353 g/mol. The van der Waals surface area contributed by atoms with Crippen molar-refractivity contribution in [1.29, 1.82) is 0 Å². The van der Waals surface area contributed by atoms with E-state index in [4.69, 9.17) is 4.74 Å². The number of alkyl halides is 3. The molecule has 0 aliphatic carbocycles. The van der Waals surface area contributed by atoms with Crippen molar-refractivity contribution in [1.82, 2.24) is 0 Å². The second kappa shape index (κ2) is 7.53. The lowest BCUT2D eigenvalue weighted by atomic mass is 10.2. The van der Waals surface area contributed by atoms with Gasteiger partial charge in [0, 0.05) is 6.07 Å². The van der Waals surface area contributed by atoms with E-state index in [1.807, 2.05) is 0 Å². The van der Waals surface area contributed by atoms with Crippen LogP contribution in [-0.4, -0.2) is 27.0 Å². The molecule has 2 unspecified atom stereocenters. The van der Waals surface area contributed by atoms with Crippen molar-refractivity contribution in [2.45, 2.75) is 37.4 Å². The van der Waals surface area contributed by atoms with E-state index in [1.54, 1.807) is 13.8 Å². The molecule has 0 aliphatic rings. The van der Waals surface area contributed by atoms with Crippen LogP contribution in [0.1, 0.15) is 25.8 Å². The van der Waals surface area contributed by atoms with E-state index < -0.39 is 55.9 Å². The highest BCUT2D eigenvalue weighted by Gasteiger charge is 2.34. The van der Waals surface area contributed by atoms with Crippen LogP contribution in [0, 0.1) is 10.1 Å². The summed E-state index contributed by atoms with van der Waals surface area (Å²) in [5.41, 5.74) is -2.18. The minimum atomic E-state index is -4.76. The van der Waals surface area contributed by atoms with E-state index in [1.165, 1.54) is 0 Å². The molecule has 128 valence electrons. The highest BCUT2D eigenvalue weighted by molar-refractivity contribution is 7.85. The molecule has 0 heterocycles. The maximum absolute atomic E-state index is 12.6. The molecule has 0 amide bonds. The number of hydrogen-bond acceptors (Lipinski definition) is 5. The number of esters is 1. The Bertz CT molecular complexity index is 633. The van der Waals surface area contributed by atoms with Crippen molar-refractivity contribution >= 4 is 22.5 Å². The maximum Gasteiger partial charge on any atom is 0.416 e. The van der Waals surface area contributed by atoms with Gasteiger partial charge >= 0.3 is 12.1 Å². The zero-order valence-corrected chi connectivity index (χ0v) is 13.1. The zero-order valence-electron chi connectivity index (χ0n) is 12.3. The van der Waals surface area contributed by atoms with Gasteiger partial charge in [-0.25, -0.2) is 0 Å². The zero-order chi connectivity index (χ0) is 17.8. The normalized spacial score (nSPS) is 14.1. The van der Waals surface area contributed by atoms with Gasteiger partial charge in [0.1, 0.15) is 10.6 Å². The highest BCUT2D eigenvalue weighted by atomic mass is 32.2. The minimum Gasteiger partial charge on any atom is -0.462 e. The second-order valence-corrected chi connectivity index (χ2v) is 6.06. The van der Waals surface area contributed by atoms with Crippen LogP contribution in [0.5, 0.6) is 0 Å². The van der Waals surface area contributed by atoms with Gasteiger partial charge in [-0.3, -0.25) is 19.1 Å². The SMILES string of the molecule is CCC(C)OC(=O)CS(=O)c1ccc(C(F)(F)F)cc1[N+](=O)[O-]. The van der Waals surface area contributed by atoms with Crippen molar-refractivity contribution in [3.05, 3.63) is 33.9 Å². The first-order chi connectivity index (χ1) is 10.6. The lowest BCUT2D eigenvalue weighted by Crippen LogP contribution is -2.20. The summed E-state index contributed by atoms with van der Waals surface area (Å²) in [5, 5.41) is 10.9. The summed E-state index contributed by atoms with van der Waals surface area (Å²) in [7, 11) is -2.18. The summed E-state index contributed by atoms with van der Waals surface area (Å²) in [6.07, 6.45) is -4.65. The van der Waals surface area contributed by atoms with Crippen LogP contribution in [0.2, 0.25) is 0 Å². The Morgan fingerprint density at radius 1 is 1.43 bits per heavy atom.